The molecule has 1 saturated heterocycles. The highest BCUT2D eigenvalue weighted by atomic mass is 79.9. The number of likely N-dealkylation sites (tertiary alicyclic amines) is 1. The van der Waals surface area contributed by atoms with E-state index in [1.54, 1.807) is 8.87 Å². The lowest BCUT2D eigenvalue weighted by Gasteiger charge is -2.32. The summed E-state index contributed by atoms with van der Waals surface area (Å²) in [6.07, 6.45) is 4.70. The fraction of sp³-hybridized carbons (Fsp3) is 0.448. The number of imidazole rings is 1. The van der Waals surface area contributed by atoms with Crippen LogP contribution in [0.5, 0.6) is 0 Å². The number of halogens is 2. The molecule has 0 radical (unpaired) electrons. The second-order valence-electron chi connectivity index (χ2n) is 11.1. The Morgan fingerprint density at radius 2 is 1.76 bits per heavy atom. The maximum Gasteiger partial charge on any atom is 0.329 e. The summed E-state index contributed by atoms with van der Waals surface area (Å²) in [6.45, 7) is 4.41. The summed E-state index contributed by atoms with van der Waals surface area (Å²) in [7, 11) is -1.47. The number of sulfonamides is 1. The highest BCUT2D eigenvalue weighted by Crippen LogP contribution is 2.32. The Hall–Kier alpha value is -2.44. The molecule has 0 aliphatic carbocycles. The Morgan fingerprint density at radius 1 is 1.02 bits per heavy atom. The molecule has 218 valence electrons. The van der Waals surface area contributed by atoms with E-state index in [2.05, 4.69) is 25.5 Å². The van der Waals surface area contributed by atoms with Crippen molar-refractivity contribution in [2.24, 2.45) is 7.05 Å². The van der Waals surface area contributed by atoms with Gasteiger partial charge in [-0.3, -0.25) is 13.8 Å². The second-order valence-corrected chi connectivity index (χ2v) is 14.5. The van der Waals surface area contributed by atoms with Crippen LogP contribution in [0.15, 0.2) is 51.7 Å². The minimum absolute atomic E-state index is 0.0141. The van der Waals surface area contributed by atoms with Crippen molar-refractivity contribution in [1.29, 1.82) is 0 Å². The zero-order chi connectivity index (χ0) is 28.9. The van der Waals surface area contributed by atoms with Gasteiger partial charge in [0.1, 0.15) is 0 Å². The average molecular weight is 662 g/mol. The van der Waals surface area contributed by atoms with E-state index in [4.69, 9.17) is 16.7 Å². The first-order valence-electron chi connectivity index (χ1n) is 14.0. The van der Waals surface area contributed by atoms with Gasteiger partial charge in [-0.2, -0.15) is 9.40 Å². The standard InChI is InChI=1S/C29H34BrClN6O3S/c1-33-26-9-8-22(31)18-27(26)37(29(33)38)23-10-15-34(16-11-23)13-3-14-36-25-12-17-35(41(2,39)40)19-24(25)28(32-36)20-4-6-21(30)7-5-20/h4-9,18,23H,3,10-17,19H2,1-2H3. The van der Waals surface area contributed by atoms with Crippen LogP contribution in [0.2, 0.25) is 5.02 Å². The minimum atomic E-state index is -3.28. The topological polar surface area (TPSA) is 85.4 Å². The lowest BCUT2D eigenvalue weighted by molar-refractivity contribution is 0.181. The molecule has 0 atom stereocenters. The van der Waals surface area contributed by atoms with Crippen molar-refractivity contribution in [3.05, 3.63) is 73.7 Å². The zero-order valence-electron chi connectivity index (χ0n) is 23.3. The summed E-state index contributed by atoms with van der Waals surface area (Å²) in [5.74, 6) is 0. The van der Waals surface area contributed by atoms with Gasteiger partial charge in [0.2, 0.25) is 10.0 Å². The average Bonchev–Trinajstić information content (AvgIpc) is 3.43. The summed E-state index contributed by atoms with van der Waals surface area (Å²) in [6, 6.07) is 13.8. The molecule has 41 heavy (non-hydrogen) atoms. The number of hydrogen-bond donors (Lipinski definition) is 0. The maximum atomic E-state index is 13.0. The van der Waals surface area contributed by atoms with E-state index in [1.165, 1.54) is 6.26 Å². The van der Waals surface area contributed by atoms with Gasteiger partial charge in [0.05, 0.1) is 23.0 Å². The third-order valence-corrected chi connectivity index (χ3v) is 10.5. The first-order chi connectivity index (χ1) is 19.6. The quantitative estimate of drug-likeness (QED) is 0.288. The Kier molecular flexibility index (Phi) is 7.92. The van der Waals surface area contributed by atoms with Crippen molar-refractivity contribution in [3.63, 3.8) is 0 Å². The van der Waals surface area contributed by atoms with E-state index in [-0.39, 0.29) is 11.7 Å². The maximum absolute atomic E-state index is 13.0. The molecule has 2 aliphatic rings. The van der Waals surface area contributed by atoms with Gasteiger partial charge >= 0.3 is 5.69 Å². The van der Waals surface area contributed by atoms with Crippen LogP contribution in [0, 0.1) is 0 Å². The lowest BCUT2D eigenvalue weighted by atomic mass is 10.0. The molecule has 0 amide bonds. The first kappa shape index (κ1) is 28.7. The van der Waals surface area contributed by atoms with E-state index in [0.717, 1.165) is 83.5 Å². The van der Waals surface area contributed by atoms with Gasteiger partial charge in [-0.25, -0.2) is 13.2 Å². The van der Waals surface area contributed by atoms with Crippen molar-refractivity contribution in [2.45, 2.75) is 44.8 Å². The summed E-state index contributed by atoms with van der Waals surface area (Å²) < 4.78 is 32.9. The second kappa shape index (κ2) is 11.3. The van der Waals surface area contributed by atoms with E-state index < -0.39 is 10.0 Å². The van der Waals surface area contributed by atoms with Gasteiger partial charge in [-0.15, -0.1) is 0 Å². The molecule has 0 bridgehead atoms. The van der Waals surface area contributed by atoms with Crippen LogP contribution in [0.25, 0.3) is 22.3 Å². The lowest BCUT2D eigenvalue weighted by Crippen LogP contribution is -2.38. The van der Waals surface area contributed by atoms with Crippen molar-refractivity contribution >= 4 is 48.6 Å². The molecule has 0 unspecified atom stereocenters. The van der Waals surface area contributed by atoms with Crippen molar-refractivity contribution in [3.8, 4) is 11.3 Å². The third kappa shape index (κ3) is 5.67. The SMILES string of the molecule is Cn1c(=O)n(C2CCN(CCCn3nc(-c4ccc(Br)cc4)c4c3CCN(S(C)(=O)=O)C4)CC2)c2cc(Cl)ccc21. The monoisotopic (exact) mass is 660 g/mol. The number of piperidine rings is 1. The Bertz CT molecular complexity index is 1750. The summed E-state index contributed by atoms with van der Waals surface area (Å²) in [5.41, 5.74) is 5.82. The molecule has 4 aromatic rings. The van der Waals surface area contributed by atoms with Gasteiger partial charge < -0.3 is 4.90 Å². The van der Waals surface area contributed by atoms with Crippen LogP contribution in [0.4, 0.5) is 0 Å². The van der Waals surface area contributed by atoms with Crippen LogP contribution in [0.1, 0.15) is 36.6 Å². The van der Waals surface area contributed by atoms with Gasteiger partial charge in [-0.05, 0) is 56.1 Å². The summed E-state index contributed by atoms with van der Waals surface area (Å²) in [5, 5.41) is 5.64. The number of aromatic nitrogens is 4. The molecule has 4 heterocycles. The van der Waals surface area contributed by atoms with Crippen LogP contribution in [-0.4, -0.2) is 69.0 Å². The molecule has 0 spiro atoms. The van der Waals surface area contributed by atoms with Gasteiger partial charge in [-0.1, -0.05) is 39.7 Å². The van der Waals surface area contributed by atoms with Gasteiger partial charge in [0.15, 0.2) is 0 Å². The highest BCUT2D eigenvalue weighted by Gasteiger charge is 2.30. The molecule has 9 nitrogen and oxygen atoms in total. The number of aryl methyl sites for hydroxylation is 2. The summed E-state index contributed by atoms with van der Waals surface area (Å²) >= 11 is 9.76. The molecule has 6 rings (SSSR count). The van der Waals surface area contributed by atoms with Gasteiger partial charge in [0.25, 0.3) is 0 Å². The highest BCUT2D eigenvalue weighted by molar-refractivity contribution is 9.10. The number of rotatable bonds is 7. The Morgan fingerprint density at radius 3 is 2.46 bits per heavy atom. The fourth-order valence-corrected chi connectivity index (χ4v) is 7.53. The number of fused-ring (bicyclic) bond motifs is 2. The minimum Gasteiger partial charge on any atom is -0.303 e. The molecular weight excluding hydrogens is 628 g/mol. The normalized spacial score (nSPS) is 17.4. The Labute approximate surface area is 253 Å². The molecule has 12 heteroatoms. The molecule has 2 aromatic heterocycles. The molecule has 1 fully saturated rings. The Balaban J connectivity index is 1.13. The fourth-order valence-electron chi connectivity index (χ4n) is 6.31. The largest absolute Gasteiger partial charge is 0.329 e. The van der Waals surface area contributed by atoms with E-state index in [0.29, 0.717) is 24.5 Å². The predicted octanol–water partition coefficient (Wildman–Crippen LogP) is 4.66. The van der Waals surface area contributed by atoms with Crippen LogP contribution in [0.3, 0.4) is 0 Å². The number of benzene rings is 2. The van der Waals surface area contributed by atoms with Crippen molar-refractivity contribution in [2.75, 3.05) is 32.4 Å². The van der Waals surface area contributed by atoms with E-state index >= 15 is 0 Å². The van der Waals surface area contributed by atoms with Crippen LogP contribution >= 0.6 is 27.5 Å². The summed E-state index contributed by atoms with van der Waals surface area (Å²) in [4.78, 5) is 15.5. The van der Waals surface area contributed by atoms with Crippen molar-refractivity contribution in [1.82, 2.24) is 28.1 Å². The molecular formula is C29H34BrClN6O3S. The third-order valence-electron chi connectivity index (χ3n) is 8.50. The molecule has 0 saturated carbocycles. The van der Waals surface area contributed by atoms with Gasteiger partial charge in [0, 0.05) is 78.6 Å². The molecule has 2 aromatic carbocycles. The van der Waals surface area contributed by atoms with E-state index in [9.17, 15) is 13.2 Å². The molecule has 0 N–H and O–H groups in total. The smallest absolute Gasteiger partial charge is 0.303 e. The number of hydrogen-bond acceptors (Lipinski definition) is 5. The van der Waals surface area contributed by atoms with Crippen LogP contribution in [-0.2, 0) is 36.6 Å². The predicted molar refractivity (Wildman–Crippen MR) is 166 cm³/mol. The number of nitrogens with zero attached hydrogens (tertiary/aromatic N) is 6. The zero-order valence-corrected chi connectivity index (χ0v) is 26.4. The van der Waals surface area contributed by atoms with Crippen LogP contribution < -0.4 is 5.69 Å². The van der Waals surface area contributed by atoms with Crippen molar-refractivity contribution < 1.29 is 8.42 Å². The van der Waals surface area contributed by atoms with E-state index in [1.807, 2.05) is 54.1 Å². The molecule has 2 aliphatic heterocycles. The first-order valence-corrected chi connectivity index (χ1v) is 17.0.